The Kier molecular flexibility index (Phi) is 25.0. The maximum absolute atomic E-state index is 14.6. The zero-order chi connectivity index (χ0) is 56.2. The Balaban J connectivity index is 1.29. The van der Waals surface area contributed by atoms with E-state index in [0.717, 1.165) is 21.4 Å². The number of hydrazine groups is 1. The number of carbonyl (C=O) groups excluding carboxylic acids is 9. The van der Waals surface area contributed by atoms with Gasteiger partial charge in [0.15, 0.2) is 0 Å². The summed E-state index contributed by atoms with van der Waals surface area (Å²) >= 11 is 0. The lowest BCUT2D eigenvalue weighted by Crippen LogP contribution is -2.59. The molecule has 4 rings (SSSR count). The van der Waals surface area contributed by atoms with Crippen LogP contribution in [0.5, 0.6) is 0 Å². The van der Waals surface area contributed by atoms with Gasteiger partial charge in [-0.25, -0.2) is 0 Å². The van der Waals surface area contributed by atoms with Crippen molar-refractivity contribution in [3.05, 3.63) is 48.2 Å². The first kappa shape index (κ1) is 62.4. The molecule has 2 aromatic rings. The van der Waals surface area contributed by atoms with Crippen molar-refractivity contribution in [1.82, 2.24) is 46.5 Å². The van der Waals surface area contributed by atoms with Crippen LogP contribution in [0.2, 0.25) is 0 Å². The van der Waals surface area contributed by atoms with Gasteiger partial charge in [-0.15, -0.1) is 0 Å². The maximum atomic E-state index is 14.6. The highest BCUT2D eigenvalue weighted by Gasteiger charge is 2.43. The van der Waals surface area contributed by atoms with Crippen LogP contribution < -0.4 is 32.5 Å². The highest BCUT2D eigenvalue weighted by Crippen LogP contribution is 2.30. The van der Waals surface area contributed by atoms with Crippen LogP contribution in [0, 0.1) is 23.7 Å². The Morgan fingerprint density at radius 2 is 1.47 bits per heavy atom. The first-order valence-electron chi connectivity index (χ1n) is 27.0. The van der Waals surface area contributed by atoms with Gasteiger partial charge < -0.3 is 45.9 Å². The molecule has 2 aliphatic rings. The van der Waals surface area contributed by atoms with Crippen molar-refractivity contribution in [1.29, 1.82) is 0 Å². The normalized spacial score (nSPS) is 18.1. The zero-order valence-electron chi connectivity index (χ0n) is 46.4. The van der Waals surface area contributed by atoms with E-state index >= 15 is 0 Å². The predicted octanol–water partition coefficient (Wildman–Crippen LogP) is 3.16. The summed E-state index contributed by atoms with van der Waals surface area (Å²) in [6.07, 6.45) is 8.70. The van der Waals surface area contributed by atoms with Crippen molar-refractivity contribution >= 4 is 64.1 Å². The summed E-state index contributed by atoms with van der Waals surface area (Å²) in [6.45, 7) is 12.1. The Morgan fingerprint density at radius 1 is 0.829 bits per heavy atom. The number of fused-ring (bicyclic) bond motifs is 1. The van der Waals surface area contributed by atoms with Gasteiger partial charge in [-0.2, -0.15) is 0 Å². The van der Waals surface area contributed by atoms with Gasteiger partial charge in [0.25, 0.3) is 11.8 Å². The zero-order valence-corrected chi connectivity index (χ0v) is 46.4. The number of H-pyrrole nitrogens is 1. The lowest BCUT2D eigenvalue weighted by molar-refractivity contribution is -0.148. The number of para-hydroxylation sites is 1. The van der Waals surface area contributed by atoms with Crippen LogP contribution in [0.15, 0.2) is 42.6 Å². The molecule has 10 atom stereocenters. The number of ether oxygens (including phenoxy) is 2. The number of rotatable bonds is 32. The van der Waals surface area contributed by atoms with Crippen LogP contribution in [0.25, 0.3) is 10.9 Å². The highest BCUT2D eigenvalue weighted by atomic mass is 16.5. The molecule has 0 bridgehead atoms. The molecule has 0 saturated carbocycles. The number of benzene rings is 1. The number of carbonyl (C=O) groups is 9. The molecule has 1 aromatic carbocycles. The van der Waals surface area contributed by atoms with Gasteiger partial charge in [0, 0.05) is 82.9 Å². The highest BCUT2D eigenvalue weighted by molar-refractivity contribution is 6.12. The van der Waals surface area contributed by atoms with Crippen molar-refractivity contribution in [2.24, 2.45) is 29.4 Å². The van der Waals surface area contributed by atoms with E-state index in [-0.39, 0.29) is 84.8 Å². The largest absolute Gasteiger partial charge is 0.379 e. The number of likely N-dealkylation sites (N-methyl/N-ethyl adjacent to an activating group) is 2. The standard InChI is InChI=1S/C55H86N10O11/c1-11-34(4)50(42(75-9)31-47(70)64-29-19-23-41(64)51(76-10)36(6)53(72)59-40(52(56)71)30-37-32-58-39-22-16-15-21-38(37)39)63(8)55(74)48(33(2)3)60-54(73)49(57-7)35(5)20-14-17-25-44(67)62-61-43(66)24-13-12-18-28-65-45(68)26-27-46(65)69/h15-16,21-22,26-27,32-36,40-42,48-51,57-58H,11-14,17-20,23-25,28-31H2,1-10H3,(H2,56,71)(H,59,72)(H,60,73)(H,61,66)(H,62,67)/t34-,35?,36+,40-,41-,42+,48-,49-,50-,51+/m0/s1. The molecule has 1 unspecified atom stereocenters. The average molecular weight is 1060 g/mol. The van der Waals surface area contributed by atoms with E-state index in [0.29, 0.717) is 70.9 Å². The molecule has 76 heavy (non-hydrogen) atoms. The lowest BCUT2D eigenvalue weighted by Gasteiger charge is -2.41. The molecule has 0 aliphatic carbocycles. The minimum Gasteiger partial charge on any atom is -0.379 e. The lowest BCUT2D eigenvalue weighted by atomic mass is 9.89. The van der Waals surface area contributed by atoms with E-state index in [1.807, 2.05) is 58.9 Å². The Labute approximate surface area is 448 Å². The third-order valence-electron chi connectivity index (χ3n) is 15.3. The van der Waals surface area contributed by atoms with E-state index < -0.39 is 60.1 Å². The van der Waals surface area contributed by atoms with Gasteiger partial charge in [-0.1, -0.05) is 79.0 Å². The molecule has 2 aliphatic heterocycles. The minimum atomic E-state index is -0.984. The molecular weight excluding hydrogens is 977 g/mol. The monoisotopic (exact) mass is 1060 g/mol. The van der Waals surface area contributed by atoms with E-state index in [9.17, 15) is 43.2 Å². The van der Waals surface area contributed by atoms with Crippen molar-refractivity contribution in [3.63, 3.8) is 0 Å². The summed E-state index contributed by atoms with van der Waals surface area (Å²) in [5, 5.41) is 9.89. The fourth-order valence-electron chi connectivity index (χ4n) is 10.6. The topological polar surface area (TPSA) is 284 Å². The summed E-state index contributed by atoms with van der Waals surface area (Å²) < 4.78 is 12.0. The number of nitrogens with one attached hydrogen (secondary N) is 6. The van der Waals surface area contributed by atoms with Crippen molar-refractivity contribution in [2.75, 3.05) is 41.4 Å². The van der Waals surface area contributed by atoms with Gasteiger partial charge in [-0.05, 0) is 75.0 Å². The van der Waals surface area contributed by atoms with Gasteiger partial charge in [0.1, 0.15) is 12.1 Å². The SMILES string of the molecule is CC[C@H](C)[C@@H]([C@@H](CC(=O)N1CCC[C@H]1[C@H](OC)[C@@H](C)C(=O)N[C@@H](Cc1c[nH]c2ccccc12)C(N)=O)OC)N(C)C(=O)[C@@H](NC(=O)[C@@H](NC)C(C)CCCCC(=O)NNC(=O)CCCCCN1C(=O)C=CC1=O)C(C)C. The molecule has 21 nitrogen and oxygen atoms in total. The number of hydrogen-bond donors (Lipinski definition) is 7. The fraction of sp³-hybridized carbons (Fsp3) is 0.655. The maximum Gasteiger partial charge on any atom is 0.253 e. The van der Waals surface area contributed by atoms with E-state index in [2.05, 4.69) is 31.8 Å². The first-order chi connectivity index (χ1) is 36.2. The third kappa shape index (κ3) is 17.2. The van der Waals surface area contributed by atoms with Crippen LogP contribution in [-0.4, -0.2) is 157 Å². The van der Waals surface area contributed by atoms with Gasteiger partial charge >= 0.3 is 0 Å². The number of methoxy groups -OCH3 is 2. The molecule has 1 aromatic heterocycles. The molecule has 0 radical (unpaired) electrons. The van der Waals surface area contributed by atoms with Gasteiger partial charge in [0.05, 0.1) is 42.7 Å². The number of likely N-dealkylation sites (tertiary alicyclic amines) is 1. The van der Waals surface area contributed by atoms with Crippen molar-refractivity contribution in [3.8, 4) is 0 Å². The summed E-state index contributed by atoms with van der Waals surface area (Å²) in [5.74, 6) is -4.70. The second kappa shape index (κ2) is 30.5. The van der Waals surface area contributed by atoms with Crippen LogP contribution in [0.3, 0.4) is 0 Å². The molecule has 9 amide bonds. The second-order valence-corrected chi connectivity index (χ2v) is 20.9. The van der Waals surface area contributed by atoms with Crippen LogP contribution in [0.1, 0.15) is 124 Å². The summed E-state index contributed by atoms with van der Waals surface area (Å²) in [6, 6.07) is 4.11. The van der Waals surface area contributed by atoms with Crippen LogP contribution in [-0.2, 0) is 59.0 Å². The Hall–Kier alpha value is -6.19. The Morgan fingerprint density at radius 3 is 2.07 bits per heavy atom. The number of nitrogens with zero attached hydrogens (tertiary/aromatic N) is 3. The number of primary amides is 1. The summed E-state index contributed by atoms with van der Waals surface area (Å²) in [5.41, 5.74) is 12.4. The average Bonchev–Trinajstić information content (AvgIpc) is 4.14. The molecule has 1 fully saturated rings. The summed E-state index contributed by atoms with van der Waals surface area (Å²) in [4.78, 5) is 125. The number of hydrogen-bond acceptors (Lipinski definition) is 12. The molecular formula is C55H86N10O11. The van der Waals surface area contributed by atoms with E-state index in [1.165, 1.54) is 26.4 Å². The predicted molar refractivity (Wildman–Crippen MR) is 287 cm³/mol. The van der Waals surface area contributed by atoms with Crippen LogP contribution in [0.4, 0.5) is 0 Å². The number of aromatic amines is 1. The number of nitrogens with two attached hydrogens (primary N) is 1. The van der Waals surface area contributed by atoms with Gasteiger partial charge in [-0.3, -0.25) is 58.9 Å². The number of amides is 9. The first-order valence-corrected chi connectivity index (χ1v) is 27.0. The van der Waals surface area contributed by atoms with Crippen LogP contribution >= 0.6 is 0 Å². The number of imide groups is 1. The third-order valence-corrected chi connectivity index (χ3v) is 15.3. The molecule has 1 saturated heterocycles. The molecule has 0 spiro atoms. The molecule has 422 valence electrons. The number of unbranched alkanes of at least 4 members (excludes halogenated alkanes) is 3. The van der Waals surface area contributed by atoms with Gasteiger partial charge in [0.2, 0.25) is 41.4 Å². The Bertz CT molecular complexity index is 2320. The fourth-order valence-corrected chi connectivity index (χ4v) is 10.6. The second-order valence-electron chi connectivity index (χ2n) is 20.9. The quantitative estimate of drug-likeness (QED) is 0.0316. The van der Waals surface area contributed by atoms with Crippen molar-refractivity contribution < 1.29 is 52.6 Å². The van der Waals surface area contributed by atoms with E-state index in [4.69, 9.17) is 15.2 Å². The number of aromatic nitrogens is 1. The smallest absolute Gasteiger partial charge is 0.253 e. The minimum absolute atomic E-state index is 0.0615. The molecule has 3 heterocycles. The molecule has 21 heteroatoms. The summed E-state index contributed by atoms with van der Waals surface area (Å²) in [7, 11) is 6.39. The van der Waals surface area contributed by atoms with E-state index in [1.54, 1.807) is 37.0 Å². The molecule has 8 N–H and O–H groups in total. The van der Waals surface area contributed by atoms with Crippen molar-refractivity contribution in [2.45, 2.75) is 167 Å².